The van der Waals surface area contributed by atoms with E-state index >= 15 is 0 Å². The molecule has 4 aromatic rings. The summed E-state index contributed by atoms with van der Waals surface area (Å²) in [5.74, 6) is 0.204. The average molecular weight is 484 g/mol. The molecule has 0 aromatic heterocycles. The summed E-state index contributed by atoms with van der Waals surface area (Å²) in [6.07, 6.45) is 18.6. The summed E-state index contributed by atoms with van der Waals surface area (Å²) in [5, 5.41) is 11.1. The molecule has 4 aromatic carbocycles. The quantitative estimate of drug-likeness (QED) is 0.117. The predicted octanol–water partition coefficient (Wildman–Crippen LogP) is 9.72. The van der Waals surface area contributed by atoms with E-state index in [0.29, 0.717) is 6.42 Å². The lowest BCUT2D eigenvalue weighted by molar-refractivity contribution is -0.121. The van der Waals surface area contributed by atoms with Crippen molar-refractivity contribution in [2.24, 2.45) is 0 Å². The van der Waals surface area contributed by atoms with E-state index < -0.39 is 0 Å². The molecule has 0 atom stereocenters. The zero-order valence-corrected chi connectivity index (χ0v) is 22.4. The largest absolute Gasteiger partial charge is 0.356 e. The second-order valence-corrected chi connectivity index (χ2v) is 10.7. The van der Waals surface area contributed by atoms with Gasteiger partial charge in [0.25, 0.3) is 0 Å². The van der Waals surface area contributed by atoms with E-state index in [1.54, 1.807) is 0 Å². The molecule has 0 saturated heterocycles. The minimum Gasteiger partial charge on any atom is -0.356 e. The van der Waals surface area contributed by atoms with Gasteiger partial charge >= 0.3 is 0 Å². The Balaban J connectivity index is 1.11. The number of carbonyl (C=O) groups is 1. The first kappa shape index (κ1) is 26.5. The summed E-state index contributed by atoms with van der Waals surface area (Å²) in [4.78, 5) is 12.4. The molecule has 0 aliphatic carbocycles. The Bertz CT molecular complexity index is 1190. The summed E-state index contributed by atoms with van der Waals surface area (Å²) in [6, 6.07) is 20.0. The van der Waals surface area contributed by atoms with Crippen LogP contribution in [0, 0.1) is 0 Å². The molecule has 0 spiro atoms. The van der Waals surface area contributed by atoms with Crippen molar-refractivity contribution in [3.05, 3.63) is 60.2 Å². The van der Waals surface area contributed by atoms with Crippen LogP contribution in [0.1, 0.15) is 102 Å². The summed E-state index contributed by atoms with van der Waals surface area (Å²) in [5.41, 5.74) is 1.36. The number of aryl methyl sites for hydroxylation is 1. The van der Waals surface area contributed by atoms with Gasteiger partial charge in [0.05, 0.1) is 0 Å². The smallest absolute Gasteiger partial charge is 0.220 e. The Hall–Kier alpha value is -2.61. The molecule has 0 bridgehead atoms. The van der Waals surface area contributed by atoms with E-state index in [9.17, 15) is 4.79 Å². The third kappa shape index (κ3) is 7.21. The number of nitrogens with one attached hydrogen (secondary N) is 1. The molecule has 0 saturated carbocycles. The summed E-state index contributed by atoms with van der Waals surface area (Å²) < 4.78 is 0. The second kappa shape index (κ2) is 14.2. The first-order valence-corrected chi connectivity index (χ1v) is 14.7. The number of carbonyl (C=O) groups excluding carboxylic acids is 1. The number of unbranched alkanes of at least 4 members (excludes halogenated alkanes) is 11. The Kier molecular flexibility index (Phi) is 10.4. The van der Waals surface area contributed by atoms with Crippen LogP contribution in [0.3, 0.4) is 0 Å². The standard InChI is InChI=1S/C34H45NO/c1-2-3-4-5-6-7-8-9-10-11-12-13-26-35-32(36)19-15-16-27-20-21-30-23-22-28-17-14-18-29-24-25-31(27)34(30)33(28)29/h14,17-18,20-25H,2-13,15-16,19,26H2,1H3,(H,35,36). The summed E-state index contributed by atoms with van der Waals surface area (Å²) >= 11 is 0. The van der Waals surface area contributed by atoms with E-state index in [0.717, 1.165) is 25.8 Å². The highest BCUT2D eigenvalue weighted by molar-refractivity contribution is 6.23. The molecule has 0 heterocycles. The molecule has 192 valence electrons. The third-order valence-electron chi connectivity index (χ3n) is 7.82. The van der Waals surface area contributed by atoms with Crippen LogP contribution in [-0.4, -0.2) is 12.5 Å². The molecular formula is C34H45NO. The van der Waals surface area contributed by atoms with Gasteiger partial charge in [-0.3, -0.25) is 4.79 Å². The van der Waals surface area contributed by atoms with E-state index in [2.05, 4.69) is 66.8 Å². The SMILES string of the molecule is CCCCCCCCCCCCCCNC(=O)CCCc1ccc2ccc3cccc4ccc1c2c34. The van der Waals surface area contributed by atoms with Gasteiger partial charge in [-0.05, 0) is 57.1 Å². The molecule has 0 unspecified atom stereocenters. The Morgan fingerprint density at radius 2 is 1.17 bits per heavy atom. The fourth-order valence-electron chi connectivity index (χ4n) is 5.74. The minimum atomic E-state index is 0.204. The summed E-state index contributed by atoms with van der Waals surface area (Å²) in [6.45, 7) is 3.11. The molecule has 0 fully saturated rings. The van der Waals surface area contributed by atoms with Crippen LogP contribution in [0.15, 0.2) is 54.6 Å². The first-order valence-electron chi connectivity index (χ1n) is 14.7. The number of hydrogen-bond acceptors (Lipinski definition) is 1. The highest BCUT2D eigenvalue weighted by Crippen LogP contribution is 2.36. The van der Waals surface area contributed by atoms with Gasteiger partial charge in [0, 0.05) is 13.0 Å². The maximum absolute atomic E-state index is 12.4. The van der Waals surface area contributed by atoms with Crippen LogP contribution >= 0.6 is 0 Å². The van der Waals surface area contributed by atoms with Crippen molar-refractivity contribution in [2.75, 3.05) is 6.54 Å². The van der Waals surface area contributed by atoms with E-state index in [-0.39, 0.29) is 5.91 Å². The minimum absolute atomic E-state index is 0.204. The molecule has 4 rings (SSSR count). The molecule has 2 nitrogen and oxygen atoms in total. The van der Waals surface area contributed by atoms with Gasteiger partial charge in [0.15, 0.2) is 0 Å². The van der Waals surface area contributed by atoms with Crippen LogP contribution in [0.5, 0.6) is 0 Å². The van der Waals surface area contributed by atoms with E-state index in [1.165, 1.54) is 109 Å². The van der Waals surface area contributed by atoms with Crippen molar-refractivity contribution in [2.45, 2.75) is 103 Å². The average Bonchev–Trinajstić information content (AvgIpc) is 2.90. The van der Waals surface area contributed by atoms with Gasteiger partial charge in [-0.2, -0.15) is 0 Å². The number of hydrogen-bond donors (Lipinski definition) is 1. The Labute approximate surface area is 218 Å². The van der Waals surface area contributed by atoms with Gasteiger partial charge in [-0.15, -0.1) is 0 Å². The molecular weight excluding hydrogens is 438 g/mol. The summed E-state index contributed by atoms with van der Waals surface area (Å²) in [7, 11) is 0. The van der Waals surface area contributed by atoms with Crippen LogP contribution in [0.4, 0.5) is 0 Å². The molecule has 2 heteroatoms. The van der Waals surface area contributed by atoms with Crippen LogP contribution in [0.25, 0.3) is 32.3 Å². The van der Waals surface area contributed by atoms with Gasteiger partial charge in [-0.1, -0.05) is 132 Å². The van der Waals surface area contributed by atoms with E-state index in [1.807, 2.05) is 0 Å². The Morgan fingerprint density at radius 1 is 0.611 bits per heavy atom. The Morgan fingerprint density at radius 3 is 1.83 bits per heavy atom. The lowest BCUT2D eigenvalue weighted by Gasteiger charge is -2.14. The predicted molar refractivity (Wildman–Crippen MR) is 157 cm³/mol. The lowest BCUT2D eigenvalue weighted by Crippen LogP contribution is -2.24. The highest BCUT2D eigenvalue weighted by atomic mass is 16.1. The number of benzene rings is 4. The number of rotatable bonds is 17. The third-order valence-corrected chi connectivity index (χ3v) is 7.82. The van der Waals surface area contributed by atoms with Crippen molar-refractivity contribution in [3.63, 3.8) is 0 Å². The monoisotopic (exact) mass is 483 g/mol. The normalized spacial score (nSPS) is 11.7. The highest BCUT2D eigenvalue weighted by Gasteiger charge is 2.11. The van der Waals surface area contributed by atoms with Crippen LogP contribution in [0.2, 0.25) is 0 Å². The molecule has 1 amide bonds. The van der Waals surface area contributed by atoms with Crippen molar-refractivity contribution >= 4 is 38.2 Å². The maximum atomic E-state index is 12.4. The van der Waals surface area contributed by atoms with Crippen molar-refractivity contribution in [1.82, 2.24) is 5.32 Å². The molecule has 0 aliphatic rings. The molecule has 0 aliphatic heterocycles. The van der Waals surface area contributed by atoms with Crippen LogP contribution in [-0.2, 0) is 11.2 Å². The van der Waals surface area contributed by atoms with Gasteiger partial charge in [-0.25, -0.2) is 0 Å². The van der Waals surface area contributed by atoms with Gasteiger partial charge in [0.1, 0.15) is 0 Å². The molecule has 36 heavy (non-hydrogen) atoms. The van der Waals surface area contributed by atoms with Crippen molar-refractivity contribution < 1.29 is 4.79 Å². The zero-order valence-electron chi connectivity index (χ0n) is 22.4. The van der Waals surface area contributed by atoms with E-state index in [4.69, 9.17) is 0 Å². The topological polar surface area (TPSA) is 29.1 Å². The maximum Gasteiger partial charge on any atom is 0.220 e. The van der Waals surface area contributed by atoms with Crippen LogP contribution < -0.4 is 5.32 Å². The molecule has 1 N–H and O–H groups in total. The zero-order chi connectivity index (χ0) is 25.0. The lowest BCUT2D eigenvalue weighted by atomic mass is 9.90. The first-order chi connectivity index (χ1) is 17.8. The fraction of sp³-hybridized carbons (Fsp3) is 0.500. The molecule has 0 radical (unpaired) electrons. The van der Waals surface area contributed by atoms with Crippen molar-refractivity contribution in [3.8, 4) is 0 Å². The fourth-order valence-corrected chi connectivity index (χ4v) is 5.74. The second-order valence-electron chi connectivity index (χ2n) is 10.7. The van der Waals surface area contributed by atoms with Gasteiger partial charge in [0.2, 0.25) is 5.91 Å². The van der Waals surface area contributed by atoms with Gasteiger partial charge < -0.3 is 5.32 Å². The number of amides is 1. The van der Waals surface area contributed by atoms with Crippen molar-refractivity contribution in [1.29, 1.82) is 0 Å².